The molecule has 0 fully saturated rings. The molecule has 264 valence electrons. The predicted molar refractivity (Wildman–Crippen MR) is 229 cm³/mol. The van der Waals surface area contributed by atoms with Crippen molar-refractivity contribution in [3.8, 4) is 33.9 Å². The Morgan fingerprint density at radius 3 is 1.79 bits per heavy atom. The van der Waals surface area contributed by atoms with Gasteiger partial charge in [0, 0.05) is 63.0 Å². The van der Waals surface area contributed by atoms with E-state index in [1.165, 1.54) is 0 Å². The van der Waals surface area contributed by atoms with E-state index in [-0.39, 0.29) is 0 Å². The van der Waals surface area contributed by atoms with Crippen molar-refractivity contribution >= 4 is 65.5 Å². The Morgan fingerprint density at radius 1 is 0.464 bits per heavy atom. The normalized spacial score (nSPS) is 12.3. The second-order valence-corrected chi connectivity index (χ2v) is 13.8. The fraction of sp³-hybridized carbons (Fsp3) is 0.0408. The average Bonchev–Trinajstić information content (AvgIpc) is 3.27. The molecule has 5 heterocycles. The quantitative estimate of drug-likeness (QED) is 0.125. The van der Waals surface area contributed by atoms with Crippen LogP contribution >= 0.6 is 0 Å². The van der Waals surface area contributed by atoms with Crippen LogP contribution in [0, 0.1) is 0 Å². The molecule has 7 nitrogen and oxygen atoms in total. The summed E-state index contributed by atoms with van der Waals surface area (Å²) in [5.41, 5.74) is 10.4. The van der Waals surface area contributed by atoms with Crippen molar-refractivity contribution in [3.05, 3.63) is 176 Å². The summed E-state index contributed by atoms with van der Waals surface area (Å²) in [6.45, 7) is 4.15. The first kappa shape index (κ1) is 33.1. The number of hydrogen-bond donors (Lipinski definition) is 0. The Hall–Kier alpha value is -7.51. The van der Waals surface area contributed by atoms with Crippen molar-refractivity contribution in [1.29, 1.82) is 0 Å². The van der Waals surface area contributed by atoms with Gasteiger partial charge in [-0.15, -0.1) is 0 Å². The molecule has 10 rings (SSSR count). The summed E-state index contributed by atoms with van der Waals surface area (Å²) in [6.07, 6.45) is 11.5. The number of aromatic nitrogens is 7. The lowest BCUT2D eigenvalue weighted by Gasteiger charge is -2.13. The maximum atomic E-state index is 5.19. The molecule has 0 spiro atoms. The molecule has 0 bridgehead atoms. The summed E-state index contributed by atoms with van der Waals surface area (Å²) in [4.78, 5) is 34.3. The summed E-state index contributed by atoms with van der Waals surface area (Å²) in [5, 5.41) is 6.43. The van der Waals surface area contributed by atoms with Crippen molar-refractivity contribution in [1.82, 2.24) is 34.9 Å². The fourth-order valence-electron chi connectivity index (χ4n) is 7.62. The van der Waals surface area contributed by atoms with Crippen molar-refractivity contribution in [3.63, 3.8) is 0 Å². The summed E-state index contributed by atoms with van der Waals surface area (Å²) in [7, 11) is 0. The lowest BCUT2D eigenvalue weighted by molar-refractivity contribution is 1.04. The lowest BCUT2D eigenvalue weighted by atomic mass is 9.96. The Labute approximate surface area is 322 Å². The molecular weight excluding hydrogens is 687 g/mol. The monoisotopic (exact) mass is 719 g/mol. The Morgan fingerprint density at radius 2 is 1.05 bits per heavy atom. The van der Waals surface area contributed by atoms with Crippen LogP contribution < -0.4 is 0 Å². The van der Waals surface area contributed by atoms with Gasteiger partial charge in [-0.2, -0.15) is 0 Å². The number of fused-ring (bicyclic) bond motifs is 7. The Balaban J connectivity index is 1.14. The molecule has 0 saturated carbocycles. The fourth-order valence-corrected chi connectivity index (χ4v) is 7.62. The minimum Gasteiger partial charge on any atom is -0.254 e. The van der Waals surface area contributed by atoms with E-state index in [9.17, 15) is 0 Å². The highest BCUT2D eigenvalue weighted by Crippen LogP contribution is 2.36. The summed E-state index contributed by atoms with van der Waals surface area (Å²) in [5.74, 6) is 1.77. The average molecular weight is 720 g/mol. The van der Waals surface area contributed by atoms with E-state index >= 15 is 0 Å². The van der Waals surface area contributed by atoms with Gasteiger partial charge in [0.25, 0.3) is 0 Å². The summed E-state index contributed by atoms with van der Waals surface area (Å²) < 4.78 is 0. The maximum absolute atomic E-state index is 5.19. The van der Waals surface area contributed by atoms with E-state index in [0.29, 0.717) is 17.5 Å². The first-order valence-corrected chi connectivity index (χ1v) is 18.6. The van der Waals surface area contributed by atoms with Gasteiger partial charge >= 0.3 is 0 Å². The number of pyridine rings is 4. The van der Waals surface area contributed by atoms with E-state index in [2.05, 4.69) is 132 Å². The second-order valence-electron chi connectivity index (χ2n) is 13.8. The molecule has 56 heavy (non-hydrogen) atoms. The molecule has 0 radical (unpaired) electrons. The summed E-state index contributed by atoms with van der Waals surface area (Å²) >= 11 is 0. The van der Waals surface area contributed by atoms with Gasteiger partial charge in [0.15, 0.2) is 17.5 Å². The highest BCUT2D eigenvalue weighted by molar-refractivity contribution is 6.10. The van der Waals surface area contributed by atoms with Crippen LogP contribution in [0.2, 0.25) is 0 Å². The van der Waals surface area contributed by atoms with E-state index < -0.39 is 0 Å². The van der Waals surface area contributed by atoms with Gasteiger partial charge in [0.2, 0.25) is 0 Å². The molecule has 0 aliphatic carbocycles. The van der Waals surface area contributed by atoms with Crippen LogP contribution in [0.5, 0.6) is 0 Å². The number of nitrogens with zero attached hydrogens (tertiary/aromatic N) is 7. The molecule has 0 aliphatic rings. The van der Waals surface area contributed by atoms with Crippen LogP contribution in [0.25, 0.3) is 99.4 Å². The molecule has 5 aromatic heterocycles. The van der Waals surface area contributed by atoms with E-state index in [4.69, 9.17) is 24.9 Å². The predicted octanol–water partition coefficient (Wildman–Crippen LogP) is 11.7. The second kappa shape index (κ2) is 13.7. The Bertz CT molecular complexity index is 3240. The molecule has 5 aromatic carbocycles. The van der Waals surface area contributed by atoms with Crippen LogP contribution in [-0.4, -0.2) is 34.9 Å². The largest absolute Gasteiger partial charge is 0.254 e. The Kier molecular flexibility index (Phi) is 8.11. The number of benzene rings is 5. The van der Waals surface area contributed by atoms with E-state index in [1.807, 2.05) is 56.0 Å². The van der Waals surface area contributed by atoms with Gasteiger partial charge in [-0.25, -0.2) is 15.0 Å². The molecule has 0 atom stereocenters. The first-order chi connectivity index (χ1) is 27.6. The van der Waals surface area contributed by atoms with Crippen LogP contribution in [0.15, 0.2) is 164 Å². The maximum Gasteiger partial charge on any atom is 0.164 e. The van der Waals surface area contributed by atoms with Crippen molar-refractivity contribution in [2.75, 3.05) is 0 Å². The van der Waals surface area contributed by atoms with Gasteiger partial charge in [-0.3, -0.25) is 19.9 Å². The number of rotatable bonds is 6. The van der Waals surface area contributed by atoms with E-state index in [1.54, 1.807) is 0 Å². The zero-order valence-corrected chi connectivity index (χ0v) is 30.7. The third-order valence-electron chi connectivity index (χ3n) is 10.4. The third kappa shape index (κ3) is 5.83. The topological polar surface area (TPSA) is 90.2 Å². The molecule has 0 unspecified atom stereocenters. The van der Waals surface area contributed by atoms with Crippen LogP contribution in [0.3, 0.4) is 0 Å². The lowest BCUT2D eigenvalue weighted by Crippen LogP contribution is -2.03. The molecule has 0 aliphatic heterocycles. The zero-order valence-electron chi connectivity index (χ0n) is 30.7. The van der Waals surface area contributed by atoms with Gasteiger partial charge in [0.1, 0.15) is 0 Å². The molecule has 7 heteroatoms. The molecule has 0 amide bonds. The van der Waals surface area contributed by atoms with Crippen molar-refractivity contribution < 1.29 is 0 Å². The van der Waals surface area contributed by atoms with Gasteiger partial charge in [-0.1, -0.05) is 84.9 Å². The smallest absolute Gasteiger partial charge is 0.164 e. The SMILES string of the molecule is C/C=C(\C=C(/C)c1cc2cccnc2c2ncccc12)c1nc(-c2cccc(-c3cc4cccnc4c4ncccc34)c2)nc(-c2ccc3ccccc3c2)n1. The first-order valence-electron chi connectivity index (χ1n) is 18.6. The van der Waals surface area contributed by atoms with Gasteiger partial charge in [0.05, 0.1) is 22.1 Å². The molecule has 0 saturated heterocycles. The molecular formula is C49H33N7. The van der Waals surface area contributed by atoms with E-state index in [0.717, 1.165) is 93.3 Å². The van der Waals surface area contributed by atoms with Crippen molar-refractivity contribution in [2.45, 2.75) is 13.8 Å². The minimum absolute atomic E-state index is 0.585. The standard InChI is InChI=1S/C49H33N7/c1-3-31(25-30(2)41-28-35-15-7-21-50-43(35)45-39(41)17-9-23-52-45)47-54-48(56-49(55-47)38-20-19-32-11-4-5-12-33(32)26-38)37-14-6-13-34(27-37)42-29-36-16-8-22-51-44(36)46-40(42)18-10-24-53-46/h3-29H,1-2H3/b30-25+,31-3+. The van der Waals surface area contributed by atoms with Crippen LogP contribution in [0.1, 0.15) is 25.2 Å². The van der Waals surface area contributed by atoms with Crippen LogP contribution in [-0.2, 0) is 0 Å². The number of hydrogen-bond acceptors (Lipinski definition) is 7. The molecule has 0 N–H and O–H groups in total. The summed E-state index contributed by atoms with van der Waals surface area (Å²) in [6, 6.07) is 43.7. The highest BCUT2D eigenvalue weighted by atomic mass is 15.0. The van der Waals surface area contributed by atoms with Crippen LogP contribution in [0.4, 0.5) is 0 Å². The number of allylic oxidation sites excluding steroid dienone is 4. The molecule has 10 aromatic rings. The third-order valence-corrected chi connectivity index (χ3v) is 10.4. The van der Waals surface area contributed by atoms with Gasteiger partial charge < -0.3 is 0 Å². The van der Waals surface area contributed by atoms with Crippen molar-refractivity contribution in [2.24, 2.45) is 0 Å². The van der Waals surface area contributed by atoms with Gasteiger partial charge in [-0.05, 0) is 101 Å². The zero-order chi connectivity index (χ0) is 37.6. The highest BCUT2D eigenvalue weighted by Gasteiger charge is 2.17. The minimum atomic E-state index is 0.585.